The van der Waals surface area contributed by atoms with E-state index in [9.17, 15) is 4.79 Å². The average molecular weight is 377 g/mol. The molecule has 1 aromatic carbocycles. The molecule has 2 aliphatic rings. The van der Waals surface area contributed by atoms with Crippen LogP contribution in [-0.4, -0.2) is 43.0 Å². The molecule has 1 saturated heterocycles. The summed E-state index contributed by atoms with van der Waals surface area (Å²) in [6, 6.07) is 7.74. The number of rotatable bonds is 5. The number of nitrogens with zero attached hydrogens (tertiary/aromatic N) is 5. The highest BCUT2D eigenvalue weighted by Crippen LogP contribution is 2.33. The van der Waals surface area contributed by atoms with Gasteiger partial charge in [0.2, 0.25) is 5.91 Å². The zero-order valence-corrected chi connectivity index (χ0v) is 16.4. The Morgan fingerprint density at radius 1 is 1.14 bits per heavy atom. The fourth-order valence-electron chi connectivity index (χ4n) is 4.44. The molecule has 0 N–H and O–H groups in total. The Bertz CT molecular complexity index is 978. The number of carbonyl (C=O) groups excluding carboxylic acids is 1. The van der Waals surface area contributed by atoms with E-state index in [-0.39, 0.29) is 11.9 Å². The molecule has 5 rings (SSSR count). The fourth-order valence-corrected chi connectivity index (χ4v) is 4.44. The maximum absolute atomic E-state index is 13.1. The van der Waals surface area contributed by atoms with Crippen LogP contribution in [0.4, 0.5) is 0 Å². The lowest BCUT2D eigenvalue weighted by Gasteiger charge is -2.33. The van der Waals surface area contributed by atoms with E-state index >= 15 is 0 Å². The minimum atomic E-state index is -0.235. The van der Waals surface area contributed by atoms with Crippen LogP contribution in [0.25, 0.3) is 11.0 Å². The van der Waals surface area contributed by atoms with Gasteiger partial charge in [-0.25, -0.2) is 9.97 Å². The smallest absolute Gasteiger partial charge is 0.245 e. The Morgan fingerprint density at radius 3 is 2.71 bits per heavy atom. The van der Waals surface area contributed by atoms with Gasteiger partial charge >= 0.3 is 0 Å². The molecule has 1 aliphatic carbocycles. The van der Waals surface area contributed by atoms with Crippen molar-refractivity contribution >= 4 is 16.9 Å². The van der Waals surface area contributed by atoms with Crippen LogP contribution < -0.4 is 0 Å². The van der Waals surface area contributed by atoms with E-state index in [2.05, 4.69) is 20.7 Å². The van der Waals surface area contributed by atoms with Crippen molar-refractivity contribution in [2.75, 3.05) is 13.1 Å². The number of piperidine rings is 1. The van der Waals surface area contributed by atoms with Crippen LogP contribution in [-0.2, 0) is 11.3 Å². The number of amides is 1. The number of para-hydroxylation sites is 2. The largest absolute Gasteiger partial charge is 0.341 e. The zero-order chi connectivity index (χ0) is 19.1. The van der Waals surface area contributed by atoms with Gasteiger partial charge in [0, 0.05) is 37.9 Å². The van der Waals surface area contributed by atoms with Crippen LogP contribution in [0.5, 0.6) is 0 Å². The van der Waals surface area contributed by atoms with Gasteiger partial charge in [0.25, 0.3) is 0 Å². The van der Waals surface area contributed by atoms with Crippen molar-refractivity contribution in [3.05, 3.63) is 48.8 Å². The predicted octanol–water partition coefficient (Wildman–Crippen LogP) is 3.61. The Kier molecular flexibility index (Phi) is 4.41. The van der Waals surface area contributed by atoms with E-state index < -0.39 is 0 Å². The summed E-state index contributed by atoms with van der Waals surface area (Å²) in [5.74, 6) is 2.71. The van der Waals surface area contributed by atoms with E-state index in [0.29, 0.717) is 5.92 Å². The lowest BCUT2D eigenvalue weighted by Crippen LogP contribution is -2.41. The second-order valence-corrected chi connectivity index (χ2v) is 8.30. The van der Waals surface area contributed by atoms with Crippen LogP contribution in [0, 0.1) is 5.92 Å². The second-order valence-electron chi connectivity index (χ2n) is 8.30. The molecule has 0 spiro atoms. The molecule has 1 aliphatic heterocycles. The first-order valence-electron chi connectivity index (χ1n) is 10.4. The quantitative estimate of drug-likeness (QED) is 0.682. The standard InChI is InChI=1S/C22H27N5O/c1-16(27-15-24-19-4-2-3-5-20(19)27)22(28)25-11-8-18(9-12-25)21-23-10-13-26(21)14-17-6-7-17/h2-5,10,13,15-18H,6-9,11-12,14H2,1H3. The topological polar surface area (TPSA) is 56.0 Å². The van der Waals surface area contributed by atoms with Crippen molar-refractivity contribution < 1.29 is 4.79 Å². The summed E-state index contributed by atoms with van der Waals surface area (Å²) in [4.78, 5) is 24.2. The van der Waals surface area contributed by atoms with Crippen molar-refractivity contribution in [1.29, 1.82) is 0 Å². The van der Waals surface area contributed by atoms with Gasteiger partial charge in [0.15, 0.2) is 0 Å². The monoisotopic (exact) mass is 377 g/mol. The molecule has 0 bridgehead atoms. The van der Waals surface area contributed by atoms with Crippen molar-refractivity contribution in [2.24, 2.45) is 5.92 Å². The molecule has 3 heterocycles. The van der Waals surface area contributed by atoms with Gasteiger partial charge < -0.3 is 14.0 Å². The third kappa shape index (κ3) is 3.21. The number of imidazole rings is 2. The molecule has 2 fully saturated rings. The SMILES string of the molecule is CC(C(=O)N1CCC(c2nccn2CC2CC2)CC1)n1cnc2ccccc21. The predicted molar refractivity (Wildman–Crippen MR) is 108 cm³/mol. The first-order valence-corrected chi connectivity index (χ1v) is 10.4. The molecular weight excluding hydrogens is 350 g/mol. The minimum Gasteiger partial charge on any atom is -0.341 e. The summed E-state index contributed by atoms with van der Waals surface area (Å²) < 4.78 is 4.34. The number of fused-ring (bicyclic) bond motifs is 1. The van der Waals surface area contributed by atoms with Crippen LogP contribution >= 0.6 is 0 Å². The van der Waals surface area contributed by atoms with Gasteiger partial charge in [-0.1, -0.05) is 12.1 Å². The van der Waals surface area contributed by atoms with Gasteiger partial charge in [-0.15, -0.1) is 0 Å². The summed E-state index contributed by atoms with van der Waals surface area (Å²) in [6.07, 6.45) is 10.5. The number of likely N-dealkylation sites (tertiary alicyclic amines) is 1. The van der Waals surface area contributed by atoms with Crippen molar-refractivity contribution in [2.45, 2.75) is 51.1 Å². The molecule has 28 heavy (non-hydrogen) atoms. The number of benzene rings is 1. The molecule has 0 radical (unpaired) electrons. The molecular formula is C22H27N5O. The number of hydrogen-bond donors (Lipinski definition) is 0. The maximum atomic E-state index is 13.1. The van der Waals surface area contributed by atoms with Crippen molar-refractivity contribution in [3.63, 3.8) is 0 Å². The minimum absolute atomic E-state index is 0.183. The van der Waals surface area contributed by atoms with E-state index in [4.69, 9.17) is 0 Å². The molecule has 1 saturated carbocycles. The van der Waals surface area contributed by atoms with Gasteiger partial charge in [-0.05, 0) is 50.7 Å². The summed E-state index contributed by atoms with van der Waals surface area (Å²) in [5.41, 5.74) is 1.95. The Balaban J connectivity index is 1.25. The molecule has 6 heteroatoms. The molecule has 6 nitrogen and oxygen atoms in total. The molecule has 146 valence electrons. The average Bonchev–Trinajstić information content (AvgIpc) is 3.26. The third-order valence-corrected chi connectivity index (χ3v) is 6.33. The lowest BCUT2D eigenvalue weighted by atomic mass is 9.95. The highest BCUT2D eigenvalue weighted by molar-refractivity contribution is 5.83. The number of aromatic nitrogens is 4. The van der Waals surface area contributed by atoms with Gasteiger partial charge in [-0.2, -0.15) is 0 Å². The van der Waals surface area contributed by atoms with E-state index in [0.717, 1.165) is 49.4 Å². The van der Waals surface area contributed by atoms with E-state index in [1.54, 1.807) is 6.33 Å². The van der Waals surface area contributed by atoms with Gasteiger partial charge in [-0.3, -0.25) is 4.79 Å². The lowest BCUT2D eigenvalue weighted by molar-refractivity contribution is -0.135. The fraction of sp³-hybridized carbons (Fsp3) is 0.500. The van der Waals surface area contributed by atoms with Crippen LogP contribution in [0.1, 0.15) is 50.4 Å². The van der Waals surface area contributed by atoms with Gasteiger partial charge in [0.05, 0.1) is 17.4 Å². The summed E-state index contributed by atoms with van der Waals surface area (Å²) >= 11 is 0. The molecule has 1 atom stereocenters. The third-order valence-electron chi connectivity index (χ3n) is 6.33. The highest BCUT2D eigenvalue weighted by Gasteiger charge is 2.30. The molecule has 1 unspecified atom stereocenters. The van der Waals surface area contributed by atoms with E-state index in [1.165, 1.54) is 18.7 Å². The summed E-state index contributed by atoms with van der Waals surface area (Å²) in [6.45, 7) is 4.69. The summed E-state index contributed by atoms with van der Waals surface area (Å²) in [5, 5.41) is 0. The molecule has 3 aromatic rings. The first kappa shape index (κ1) is 17.5. The highest BCUT2D eigenvalue weighted by atomic mass is 16.2. The first-order chi connectivity index (χ1) is 13.7. The van der Waals surface area contributed by atoms with Crippen molar-refractivity contribution in [3.8, 4) is 0 Å². The Labute approximate surface area is 165 Å². The Hall–Kier alpha value is -2.63. The Morgan fingerprint density at radius 2 is 1.93 bits per heavy atom. The van der Waals surface area contributed by atoms with Crippen LogP contribution in [0.15, 0.2) is 43.0 Å². The van der Waals surface area contributed by atoms with Crippen LogP contribution in [0.2, 0.25) is 0 Å². The molecule has 2 aromatic heterocycles. The number of carbonyl (C=O) groups is 1. The van der Waals surface area contributed by atoms with Crippen LogP contribution in [0.3, 0.4) is 0 Å². The molecule has 1 amide bonds. The normalized spacial score (nSPS) is 19.2. The maximum Gasteiger partial charge on any atom is 0.245 e. The van der Waals surface area contributed by atoms with Crippen molar-refractivity contribution in [1.82, 2.24) is 24.0 Å². The van der Waals surface area contributed by atoms with Gasteiger partial charge in [0.1, 0.15) is 11.9 Å². The van der Waals surface area contributed by atoms with E-state index in [1.807, 2.05) is 46.9 Å². The number of hydrogen-bond acceptors (Lipinski definition) is 3. The zero-order valence-electron chi connectivity index (χ0n) is 16.4. The second kappa shape index (κ2) is 7.08. The summed E-state index contributed by atoms with van der Waals surface area (Å²) in [7, 11) is 0.